The molecular weight excluding hydrogens is 379 g/mol. The van der Waals surface area contributed by atoms with E-state index >= 15 is 0 Å². The monoisotopic (exact) mass is 424 g/mol. The summed E-state index contributed by atoms with van der Waals surface area (Å²) in [7, 11) is 0. The maximum absolute atomic E-state index is 14.1. The molecule has 2 aromatic rings. The molecule has 1 heteroatoms. The summed E-state index contributed by atoms with van der Waals surface area (Å²) in [6.45, 7) is 14.8. The van der Waals surface area contributed by atoms with Crippen LogP contribution in [-0.4, -0.2) is 0 Å². The molecule has 0 aliphatic heterocycles. The second-order valence-corrected chi connectivity index (χ2v) is 8.97. The first-order chi connectivity index (χ1) is 14.9. The van der Waals surface area contributed by atoms with Crippen LogP contribution in [0, 0.1) is 11.7 Å². The van der Waals surface area contributed by atoms with Crippen LogP contribution >= 0.6 is 0 Å². The molecule has 0 aromatic heterocycles. The van der Waals surface area contributed by atoms with Gasteiger partial charge in [-0.05, 0) is 30.0 Å². The van der Waals surface area contributed by atoms with Crippen molar-refractivity contribution in [3.05, 3.63) is 72.1 Å². The summed E-state index contributed by atoms with van der Waals surface area (Å²) in [6.07, 6.45) is 12.9. The Balaban J connectivity index is 0.000000330. The normalized spacial score (nSPS) is 11.7. The van der Waals surface area contributed by atoms with Gasteiger partial charge in [0, 0.05) is 11.5 Å². The molecule has 0 amide bonds. The van der Waals surface area contributed by atoms with E-state index in [0.717, 1.165) is 22.6 Å². The summed E-state index contributed by atoms with van der Waals surface area (Å²) in [5.41, 5.74) is 3.57. The highest BCUT2D eigenvalue weighted by Gasteiger charge is 2.10. The molecule has 0 spiro atoms. The maximum Gasteiger partial charge on any atom is 0.131 e. The van der Waals surface area contributed by atoms with E-state index in [-0.39, 0.29) is 11.7 Å². The van der Waals surface area contributed by atoms with Gasteiger partial charge < -0.3 is 0 Å². The summed E-state index contributed by atoms with van der Waals surface area (Å²) in [5.74, 6) is 1.04. The topological polar surface area (TPSA) is 0 Å². The van der Waals surface area contributed by atoms with Gasteiger partial charge in [-0.3, -0.25) is 0 Å². The van der Waals surface area contributed by atoms with E-state index in [4.69, 9.17) is 0 Å². The first-order valence-corrected chi connectivity index (χ1v) is 12.4. The van der Waals surface area contributed by atoms with Crippen LogP contribution < -0.4 is 0 Å². The Labute approximate surface area is 192 Å². The van der Waals surface area contributed by atoms with Crippen LogP contribution in [0.15, 0.2) is 60.7 Å². The van der Waals surface area contributed by atoms with Gasteiger partial charge in [0.25, 0.3) is 0 Å². The zero-order valence-electron chi connectivity index (χ0n) is 20.7. The molecule has 0 N–H and O–H groups in total. The van der Waals surface area contributed by atoms with Crippen molar-refractivity contribution in [2.24, 2.45) is 5.92 Å². The third-order valence-electron chi connectivity index (χ3n) is 6.18. The molecule has 0 aliphatic carbocycles. The molecule has 0 radical (unpaired) electrons. The Bertz CT molecular complexity index is 725. The highest BCUT2D eigenvalue weighted by atomic mass is 19.1. The van der Waals surface area contributed by atoms with Crippen molar-refractivity contribution in [1.82, 2.24) is 0 Å². The fraction of sp³-hybridized carbons (Fsp3) is 0.533. The van der Waals surface area contributed by atoms with Crippen molar-refractivity contribution >= 4 is 0 Å². The second-order valence-electron chi connectivity index (χ2n) is 8.97. The lowest BCUT2D eigenvalue weighted by molar-refractivity contribution is 0.392. The SMILES string of the molecule is C=C(C)C(C)c1ccc(-c2ccccc2)c(F)c1.CCCCCCC(CCC)CCC. The average molecular weight is 425 g/mol. The predicted octanol–water partition coefficient (Wildman–Crippen LogP) is 10.3. The Morgan fingerprint density at radius 1 is 0.839 bits per heavy atom. The van der Waals surface area contributed by atoms with E-state index in [9.17, 15) is 4.39 Å². The van der Waals surface area contributed by atoms with Crippen molar-refractivity contribution in [1.29, 1.82) is 0 Å². The fourth-order valence-electron chi connectivity index (χ4n) is 4.05. The van der Waals surface area contributed by atoms with Crippen LogP contribution in [0.4, 0.5) is 4.39 Å². The van der Waals surface area contributed by atoms with Crippen LogP contribution in [0.3, 0.4) is 0 Å². The Morgan fingerprint density at radius 2 is 1.48 bits per heavy atom. The number of halogens is 1. The quantitative estimate of drug-likeness (QED) is 0.235. The van der Waals surface area contributed by atoms with Gasteiger partial charge in [0.15, 0.2) is 0 Å². The van der Waals surface area contributed by atoms with Crippen LogP contribution in [0.2, 0.25) is 0 Å². The lowest BCUT2D eigenvalue weighted by Crippen LogP contribution is -1.99. The van der Waals surface area contributed by atoms with Gasteiger partial charge in [-0.25, -0.2) is 4.39 Å². The second kappa shape index (κ2) is 15.8. The minimum Gasteiger partial charge on any atom is -0.206 e. The number of unbranched alkanes of at least 4 members (excludes halogenated alkanes) is 3. The number of allylic oxidation sites excluding steroid dienone is 1. The molecule has 1 unspecified atom stereocenters. The summed E-state index contributed by atoms with van der Waals surface area (Å²) in [4.78, 5) is 0. The van der Waals surface area contributed by atoms with E-state index in [1.807, 2.05) is 56.3 Å². The number of hydrogen-bond donors (Lipinski definition) is 0. The molecule has 0 saturated carbocycles. The van der Waals surface area contributed by atoms with Crippen molar-refractivity contribution in [2.45, 2.75) is 98.3 Å². The smallest absolute Gasteiger partial charge is 0.131 e. The van der Waals surface area contributed by atoms with E-state index in [1.165, 1.54) is 57.8 Å². The first kappa shape index (κ1) is 27.1. The van der Waals surface area contributed by atoms with E-state index in [2.05, 4.69) is 27.4 Å². The van der Waals surface area contributed by atoms with Gasteiger partial charge in [0.05, 0.1) is 0 Å². The summed E-state index contributed by atoms with van der Waals surface area (Å²) >= 11 is 0. The van der Waals surface area contributed by atoms with Gasteiger partial charge in [-0.2, -0.15) is 0 Å². The maximum atomic E-state index is 14.1. The minimum absolute atomic E-state index is 0.174. The van der Waals surface area contributed by atoms with Crippen LogP contribution in [0.1, 0.15) is 104 Å². The highest BCUT2D eigenvalue weighted by Crippen LogP contribution is 2.28. The average Bonchev–Trinajstić information content (AvgIpc) is 2.77. The molecule has 0 heterocycles. The molecule has 2 aromatic carbocycles. The Hall–Kier alpha value is -1.89. The Morgan fingerprint density at radius 3 is 2.00 bits per heavy atom. The molecule has 2 rings (SSSR count). The van der Waals surface area contributed by atoms with Crippen molar-refractivity contribution in [3.63, 3.8) is 0 Å². The molecule has 0 aliphatic rings. The molecular formula is C30H45F. The number of benzene rings is 2. The van der Waals surface area contributed by atoms with Gasteiger partial charge in [-0.1, -0.05) is 140 Å². The third kappa shape index (κ3) is 10.3. The van der Waals surface area contributed by atoms with E-state index in [1.54, 1.807) is 6.07 Å². The lowest BCUT2D eigenvalue weighted by atomic mass is 9.92. The van der Waals surface area contributed by atoms with Crippen molar-refractivity contribution in [3.8, 4) is 11.1 Å². The van der Waals surface area contributed by atoms with Gasteiger partial charge >= 0.3 is 0 Å². The number of hydrogen-bond acceptors (Lipinski definition) is 0. The molecule has 31 heavy (non-hydrogen) atoms. The van der Waals surface area contributed by atoms with Gasteiger partial charge in [0.1, 0.15) is 5.82 Å². The number of rotatable bonds is 12. The molecule has 0 fully saturated rings. The van der Waals surface area contributed by atoms with Crippen molar-refractivity contribution < 1.29 is 4.39 Å². The van der Waals surface area contributed by atoms with Gasteiger partial charge in [-0.15, -0.1) is 0 Å². The lowest BCUT2D eigenvalue weighted by Gasteiger charge is -2.14. The zero-order chi connectivity index (χ0) is 23.1. The molecule has 0 nitrogen and oxygen atoms in total. The largest absolute Gasteiger partial charge is 0.206 e. The van der Waals surface area contributed by atoms with Gasteiger partial charge in [0.2, 0.25) is 0 Å². The molecule has 0 bridgehead atoms. The minimum atomic E-state index is -0.174. The Kier molecular flexibility index (Phi) is 13.9. The fourth-order valence-corrected chi connectivity index (χ4v) is 4.05. The summed E-state index contributed by atoms with van der Waals surface area (Å²) < 4.78 is 14.1. The molecule has 172 valence electrons. The predicted molar refractivity (Wildman–Crippen MR) is 137 cm³/mol. The molecule has 0 saturated heterocycles. The zero-order valence-corrected chi connectivity index (χ0v) is 20.7. The standard InChI is InChI=1S/C17H17F.C13H28/c1-12(2)13(3)15-9-10-16(17(18)11-15)14-7-5-4-6-8-14;1-4-7-8-9-12-13(10-5-2)11-6-3/h4-11,13H,1H2,2-3H3;13H,4-12H2,1-3H3. The van der Waals surface area contributed by atoms with E-state index < -0.39 is 0 Å². The van der Waals surface area contributed by atoms with Crippen LogP contribution in [0.5, 0.6) is 0 Å². The molecule has 1 atom stereocenters. The summed E-state index contributed by atoms with van der Waals surface area (Å²) in [5, 5.41) is 0. The first-order valence-electron chi connectivity index (χ1n) is 12.4. The van der Waals surface area contributed by atoms with E-state index in [0.29, 0.717) is 5.56 Å². The van der Waals surface area contributed by atoms with Crippen LogP contribution in [-0.2, 0) is 0 Å². The van der Waals surface area contributed by atoms with Crippen LogP contribution in [0.25, 0.3) is 11.1 Å². The third-order valence-corrected chi connectivity index (χ3v) is 6.18. The van der Waals surface area contributed by atoms with Crippen molar-refractivity contribution in [2.75, 3.05) is 0 Å². The summed E-state index contributed by atoms with van der Waals surface area (Å²) in [6, 6.07) is 15.0. The highest BCUT2D eigenvalue weighted by molar-refractivity contribution is 5.64.